The van der Waals surface area contributed by atoms with E-state index >= 15 is 0 Å². The third kappa shape index (κ3) is 3.71. The number of methoxy groups -OCH3 is 1. The molecule has 3 nitrogen and oxygen atoms in total. The number of benzene rings is 2. The smallest absolute Gasteiger partial charge is 0.368 e. The molecule has 1 N–H and O–H groups in total. The molecule has 1 aliphatic rings. The molecule has 0 amide bonds. The summed E-state index contributed by atoms with van der Waals surface area (Å²) in [6, 6.07) is 16.7. The Morgan fingerprint density at radius 1 is 1.00 bits per heavy atom. The van der Waals surface area contributed by atoms with Gasteiger partial charge in [-0.25, -0.2) is 0 Å². The predicted molar refractivity (Wildman–Crippen MR) is 99.3 cm³/mol. The van der Waals surface area contributed by atoms with E-state index in [1.54, 1.807) is 7.11 Å². The van der Waals surface area contributed by atoms with Gasteiger partial charge in [0, 0.05) is 17.2 Å². The number of hydrogen-bond acceptors (Lipinski definition) is 2. The maximum Gasteiger partial charge on any atom is 0.368 e. The van der Waals surface area contributed by atoms with Crippen LogP contribution in [0.3, 0.4) is 0 Å². The minimum absolute atomic E-state index is 0.0527. The van der Waals surface area contributed by atoms with Crippen LogP contribution in [0.25, 0.3) is 5.76 Å². The second kappa shape index (κ2) is 6.83. The molecule has 0 radical (unpaired) electrons. The summed E-state index contributed by atoms with van der Waals surface area (Å²) in [5.41, 5.74) is 3.76. The average molecular weight is 340 g/mol. The van der Waals surface area contributed by atoms with E-state index < -0.39 is 0 Å². The third-order valence-corrected chi connectivity index (χ3v) is 5.01. The molecule has 0 saturated heterocycles. The molecular weight excluding hydrogens is 316 g/mol. The molecule has 4 heteroatoms. The molecule has 0 spiro atoms. The van der Waals surface area contributed by atoms with Gasteiger partial charge in [0.1, 0.15) is 5.75 Å². The van der Waals surface area contributed by atoms with Crippen molar-refractivity contribution in [1.82, 2.24) is 0 Å². The van der Waals surface area contributed by atoms with Gasteiger partial charge < -0.3 is 13.6 Å². The summed E-state index contributed by atoms with van der Waals surface area (Å²) in [4.78, 5) is 0. The topological polar surface area (TPSA) is 31.3 Å². The lowest BCUT2D eigenvalue weighted by molar-refractivity contribution is 0.0525. The first-order valence-corrected chi connectivity index (χ1v) is 9.11. The Morgan fingerprint density at radius 3 is 2.25 bits per heavy atom. The van der Waals surface area contributed by atoms with E-state index in [1.165, 1.54) is 5.56 Å². The van der Waals surface area contributed by atoms with Gasteiger partial charge in [-0.15, -0.1) is 0 Å². The first-order chi connectivity index (χ1) is 11.5. The van der Waals surface area contributed by atoms with Crippen molar-refractivity contribution in [3.63, 3.8) is 0 Å². The van der Waals surface area contributed by atoms with Gasteiger partial charge in [0.05, 0.1) is 12.9 Å². The van der Waals surface area contributed by atoms with E-state index in [-0.39, 0.29) is 21.5 Å². The van der Waals surface area contributed by atoms with Crippen molar-refractivity contribution in [3.05, 3.63) is 71.3 Å². The van der Waals surface area contributed by atoms with E-state index in [0.29, 0.717) is 0 Å². The van der Waals surface area contributed by atoms with Crippen LogP contribution in [0.5, 0.6) is 5.75 Å². The fraction of sp³-hybridized carbons (Fsp3) is 0.300. The lowest BCUT2D eigenvalue weighted by atomic mass is 9.86. The van der Waals surface area contributed by atoms with Crippen LogP contribution in [-0.4, -0.2) is 21.5 Å². The van der Waals surface area contributed by atoms with E-state index in [9.17, 15) is 0 Å². The number of hydrogen-bond donors (Lipinski definition) is 0. The summed E-state index contributed by atoms with van der Waals surface area (Å²) >= 11 is 0. The normalized spacial score (nSPS) is 17.8. The summed E-state index contributed by atoms with van der Waals surface area (Å²) in [5.74, 6) is 1.79. The van der Waals surface area contributed by atoms with Crippen LogP contribution in [0.2, 0.25) is 0 Å². The van der Waals surface area contributed by atoms with Crippen molar-refractivity contribution in [1.29, 1.82) is 0 Å². The van der Waals surface area contributed by atoms with Crippen LogP contribution in [-0.2, 0) is 9.84 Å². The molecule has 1 heterocycles. The van der Waals surface area contributed by atoms with Crippen LogP contribution in [0.1, 0.15) is 43.6 Å². The van der Waals surface area contributed by atoms with E-state index in [0.717, 1.165) is 22.6 Å². The zero-order valence-corrected chi connectivity index (χ0v) is 15.8. The second-order valence-electron chi connectivity index (χ2n) is 6.95. The Bertz CT molecular complexity index is 712. The molecule has 0 bridgehead atoms. The highest BCUT2D eigenvalue weighted by Crippen LogP contribution is 2.30. The Labute approximate surface area is 146 Å². The monoisotopic (exact) mass is 340 g/mol. The number of aliphatic hydroxyl groups is 1. The molecule has 2 aromatic carbocycles. The van der Waals surface area contributed by atoms with Gasteiger partial charge in [0.25, 0.3) is 0 Å². The SMILES string of the molecule is COc1ccc(C2C=C(c3ccc(C(C)(C)C)cc3)O[SiH-][OH+]2)cc1. The Kier molecular flexibility index (Phi) is 4.78. The average Bonchev–Trinajstić information content (AvgIpc) is 2.61. The summed E-state index contributed by atoms with van der Waals surface area (Å²) in [6.07, 6.45) is 2.15. The summed E-state index contributed by atoms with van der Waals surface area (Å²) in [5, 5.41) is 0. The largest absolute Gasteiger partial charge is 0.648 e. The third-order valence-electron chi connectivity index (χ3n) is 4.20. The first-order valence-electron chi connectivity index (χ1n) is 8.12. The second-order valence-corrected chi connectivity index (χ2v) is 7.69. The molecule has 0 aliphatic carbocycles. The Hall–Kier alpha value is -2.04. The standard InChI is InChI=1S/C20H24O3Si/c1-20(2,3)16-9-5-14(6-10-16)18-13-19(23-24-22-18)15-7-11-17(21-4)12-8-15/h5-13,19,23-24H,1-4H3. The first kappa shape index (κ1) is 16.8. The molecule has 0 fully saturated rings. The highest BCUT2D eigenvalue weighted by molar-refractivity contribution is 6.20. The van der Waals surface area contributed by atoms with Crippen LogP contribution in [0.4, 0.5) is 0 Å². The molecule has 1 unspecified atom stereocenters. The van der Waals surface area contributed by atoms with Gasteiger partial charge in [-0.2, -0.15) is 0 Å². The molecule has 1 aliphatic heterocycles. The molecule has 0 aromatic heterocycles. The molecule has 126 valence electrons. The lowest BCUT2D eigenvalue weighted by Crippen LogP contribution is -2.19. The van der Waals surface area contributed by atoms with Crippen molar-refractivity contribution in [2.45, 2.75) is 32.3 Å². The predicted octanol–water partition coefficient (Wildman–Crippen LogP) is 3.90. The highest BCUT2D eigenvalue weighted by atomic mass is 28.3. The van der Waals surface area contributed by atoms with Crippen molar-refractivity contribution >= 4 is 15.8 Å². The zero-order chi connectivity index (χ0) is 17.2. The summed E-state index contributed by atoms with van der Waals surface area (Å²) in [7, 11) is 1.29. The van der Waals surface area contributed by atoms with Crippen molar-refractivity contribution < 1.29 is 13.6 Å². The maximum absolute atomic E-state index is 5.84. The van der Waals surface area contributed by atoms with Crippen LogP contribution < -0.4 is 4.74 Å². The molecular formula is C20H24O3Si. The zero-order valence-electron chi connectivity index (χ0n) is 14.6. The Balaban J connectivity index is 1.83. The van der Waals surface area contributed by atoms with Crippen LogP contribution in [0, 0.1) is 0 Å². The van der Waals surface area contributed by atoms with Gasteiger partial charge in [0.15, 0.2) is 6.10 Å². The maximum atomic E-state index is 5.84. The molecule has 3 rings (SSSR count). The van der Waals surface area contributed by atoms with Gasteiger partial charge in [-0.3, -0.25) is 0 Å². The fourth-order valence-corrected chi connectivity index (χ4v) is 3.44. The van der Waals surface area contributed by atoms with Crippen LogP contribution in [0.15, 0.2) is 54.6 Å². The number of rotatable bonds is 3. The van der Waals surface area contributed by atoms with Gasteiger partial charge in [-0.05, 0) is 35.2 Å². The molecule has 1 atom stereocenters. The van der Waals surface area contributed by atoms with Gasteiger partial charge in [0.2, 0.25) is 0 Å². The van der Waals surface area contributed by atoms with E-state index in [2.05, 4.69) is 67.7 Å². The highest BCUT2D eigenvalue weighted by Gasteiger charge is 2.19. The van der Waals surface area contributed by atoms with Crippen LogP contribution >= 0.6 is 0 Å². The Morgan fingerprint density at radius 2 is 1.67 bits per heavy atom. The minimum atomic E-state index is -0.389. The minimum Gasteiger partial charge on any atom is -0.648 e. The quantitative estimate of drug-likeness (QED) is 0.627. The van der Waals surface area contributed by atoms with E-state index in [4.69, 9.17) is 9.16 Å². The molecule has 0 saturated carbocycles. The van der Waals surface area contributed by atoms with Crippen molar-refractivity contribution in [2.75, 3.05) is 7.11 Å². The van der Waals surface area contributed by atoms with Gasteiger partial charge in [-0.1, -0.05) is 45.0 Å². The summed E-state index contributed by atoms with van der Waals surface area (Å²) < 4.78 is 15.7. The van der Waals surface area contributed by atoms with Crippen molar-refractivity contribution in [2.24, 2.45) is 0 Å². The fourth-order valence-electron chi connectivity index (χ4n) is 2.66. The van der Waals surface area contributed by atoms with E-state index in [1.807, 2.05) is 12.1 Å². The van der Waals surface area contributed by atoms with Gasteiger partial charge >= 0.3 is 10.0 Å². The number of ether oxygens (including phenoxy) is 1. The molecule has 24 heavy (non-hydrogen) atoms. The van der Waals surface area contributed by atoms with Crippen molar-refractivity contribution in [3.8, 4) is 5.75 Å². The molecule has 2 aromatic rings. The lowest BCUT2D eigenvalue weighted by Gasteiger charge is -2.29. The summed E-state index contributed by atoms with van der Waals surface area (Å²) in [6.45, 7) is 6.67.